The third-order valence-electron chi connectivity index (χ3n) is 4.14. The lowest BCUT2D eigenvalue weighted by Crippen LogP contribution is -2.42. The van der Waals surface area contributed by atoms with E-state index in [1.54, 1.807) is 0 Å². The van der Waals surface area contributed by atoms with Crippen LogP contribution in [0.2, 0.25) is 0 Å². The number of fused-ring (bicyclic) bond motifs is 1. The SMILES string of the molecule is C=C/C(C)=C\C(=C/C)OCC(N)CN1CCc2ccccc2C1.CC.CC. The summed E-state index contributed by atoms with van der Waals surface area (Å²) in [5, 5.41) is 0. The highest BCUT2D eigenvalue weighted by Gasteiger charge is 2.18. The molecule has 0 saturated heterocycles. The van der Waals surface area contributed by atoms with Crippen molar-refractivity contribution in [2.45, 2.75) is 60.5 Å². The Labute approximate surface area is 167 Å². The van der Waals surface area contributed by atoms with Gasteiger partial charge in [0.05, 0.1) is 6.04 Å². The van der Waals surface area contributed by atoms with E-state index < -0.39 is 0 Å². The minimum Gasteiger partial charge on any atom is -0.492 e. The van der Waals surface area contributed by atoms with Gasteiger partial charge in [0.2, 0.25) is 0 Å². The molecule has 0 radical (unpaired) electrons. The first-order valence-electron chi connectivity index (χ1n) is 10.3. The Kier molecular flexibility index (Phi) is 14.2. The molecule has 1 aliphatic rings. The highest BCUT2D eigenvalue weighted by Crippen LogP contribution is 2.18. The highest BCUT2D eigenvalue weighted by molar-refractivity contribution is 5.29. The fraction of sp³-hybridized carbons (Fsp3) is 0.500. The smallest absolute Gasteiger partial charge is 0.115 e. The average molecular weight is 373 g/mol. The van der Waals surface area contributed by atoms with Gasteiger partial charge < -0.3 is 10.5 Å². The normalized spacial score (nSPS) is 15.4. The molecule has 1 unspecified atom stereocenters. The molecule has 3 heteroatoms. The largest absolute Gasteiger partial charge is 0.492 e. The van der Waals surface area contributed by atoms with Gasteiger partial charge in [-0.15, -0.1) is 0 Å². The first-order valence-corrected chi connectivity index (χ1v) is 10.3. The maximum atomic E-state index is 6.26. The summed E-state index contributed by atoms with van der Waals surface area (Å²) in [6, 6.07) is 8.67. The molecule has 152 valence electrons. The van der Waals surface area contributed by atoms with Crippen LogP contribution in [0.25, 0.3) is 0 Å². The van der Waals surface area contributed by atoms with Crippen LogP contribution in [0.4, 0.5) is 0 Å². The molecular weight excluding hydrogens is 332 g/mol. The zero-order valence-corrected chi connectivity index (χ0v) is 18.3. The van der Waals surface area contributed by atoms with Gasteiger partial charge in [0.25, 0.3) is 0 Å². The van der Waals surface area contributed by atoms with Gasteiger partial charge in [-0.2, -0.15) is 0 Å². The van der Waals surface area contributed by atoms with Crippen LogP contribution in [0.3, 0.4) is 0 Å². The van der Waals surface area contributed by atoms with Crippen molar-refractivity contribution < 1.29 is 4.74 Å². The van der Waals surface area contributed by atoms with Crippen molar-refractivity contribution in [1.82, 2.24) is 4.90 Å². The first kappa shape index (κ1) is 25.2. The van der Waals surface area contributed by atoms with E-state index in [9.17, 15) is 0 Å². The molecule has 1 aromatic carbocycles. The molecule has 1 aromatic rings. The number of ether oxygens (including phenoxy) is 1. The van der Waals surface area contributed by atoms with Gasteiger partial charge in [-0.1, -0.05) is 64.6 Å². The fourth-order valence-electron chi connectivity index (χ4n) is 2.79. The maximum absolute atomic E-state index is 6.26. The minimum absolute atomic E-state index is 0.00708. The number of benzene rings is 1. The van der Waals surface area contributed by atoms with Gasteiger partial charge in [0.15, 0.2) is 0 Å². The molecule has 2 N–H and O–H groups in total. The van der Waals surface area contributed by atoms with Crippen LogP contribution in [-0.2, 0) is 17.7 Å². The Morgan fingerprint density at radius 3 is 2.44 bits per heavy atom. The van der Waals surface area contributed by atoms with Crippen LogP contribution < -0.4 is 5.73 Å². The summed E-state index contributed by atoms with van der Waals surface area (Å²) < 4.78 is 5.82. The standard InChI is InChI=1S/C20H28N2O.2C2H6/c1-4-16(3)12-20(5-2)23-15-19(21)14-22-11-10-17-8-6-7-9-18(17)13-22;2*1-2/h4-9,12,19H,1,10-11,13-15,21H2,2-3H3;2*1-2H3/b16-12-,20-5+;;. The Hall–Kier alpha value is -1.84. The van der Waals surface area contributed by atoms with Gasteiger partial charge >= 0.3 is 0 Å². The molecule has 1 heterocycles. The van der Waals surface area contributed by atoms with E-state index in [4.69, 9.17) is 10.5 Å². The zero-order chi connectivity index (χ0) is 20.7. The minimum atomic E-state index is 0.00708. The number of allylic oxidation sites excluding steroid dienone is 4. The van der Waals surface area contributed by atoms with Crippen LogP contribution in [0.15, 0.2) is 60.4 Å². The molecule has 1 aliphatic heterocycles. The summed E-state index contributed by atoms with van der Waals surface area (Å²) in [6.45, 7) is 19.2. The van der Waals surface area contributed by atoms with Crippen molar-refractivity contribution in [3.63, 3.8) is 0 Å². The van der Waals surface area contributed by atoms with E-state index in [1.165, 1.54) is 11.1 Å². The average Bonchev–Trinajstić information content (AvgIpc) is 2.73. The molecule has 0 aromatic heterocycles. The van der Waals surface area contributed by atoms with Gasteiger partial charge in [-0.25, -0.2) is 0 Å². The third kappa shape index (κ3) is 9.60. The van der Waals surface area contributed by atoms with E-state index in [0.29, 0.717) is 6.61 Å². The number of hydrogen-bond donors (Lipinski definition) is 1. The van der Waals surface area contributed by atoms with Gasteiger partial charge in [0.1, 0.15) is 12.4 Å². The van der Waals surface area contributed by atoms with Crippen molar-refractivity contribution in [1.29, 1.82) is 0 Å². The Balaban J connectivity index is 0.00000158. The summed E-state index contributed by atoms with van der Waals surface area (Å²) in [5.74, 6) is 0.849. The second kappa shape index (κ2) is 15.2. The number of nitrogens with two attached hydrogens (primary N) is 1. The lowest BCUT2D eigenvalue weighted by atomic mass is 10.00. The van der Waals surface area contributed by atoms with Crippen LogP contribution in [0.1, 0.15) is 52.7 Å². The van der Waals surface area contributed by atoms with E-state index >= 15 is 0 Å². The number of nitrogens with zero attached hydrogens (tertiary/aromatic N) is 1. The monoisotopic (exact) mass is 372 g/mol. The molecule has 1 atom stereocenters. The van der Waals surface area contributed by atoms with Crippen molar-refractivity contribution in [2.24, 2.45) is 5.73 Å². The molecule has 0 spiro atoms. The second-order valence-corrected chi connectivity index (χ2v) is 6.11. The number of hydrogen-bond acceptors (Lipinski definition) is 3. The fourth-order valence-corrected chi connectivity index (χ4v) is 2.79. The molecule has 0 saturated carbocycles. The Bertz CT molecular complexity index is 590. The van der Waals surface area contributed by atoms with E-state index in [-0.39, 0.29) is 6.04 Å². The summed E-state index contributed by atoms with van der Waals surface area (Å²) in [5.41, 5.74) is 10.2. The molecule has 0 aliphatic carbocycles. The molecule has 0 bridgehead atoms. The molecular formula is C24H40N2O. The Morgan fingerprint density at radius 1 is 1.22 bits per heavy atom. The van der Waals surface area contributed by atoms with Gasteiger partial charge in [0, 0.05) is 19.6 Å². The summed E-state index contributed by atoms with van der Waals surface area (Å²) in [7, 11) is 0. The quantitative estimate of drug-likeness (QED) is 0.509. The lowest BCUT2D eigenvalue weighted by molar-refractivity contribution is 0.163. The zero-order valence-electron chi connectivity index (χ0n) is 18.3. The predicted octanol–water partition coefficient (Wildman–Crippen LogP) is 5.48. The first-order chi connectivity index (χ1) is 13.1. The number of rotatable bonds is 7. The van der Waals surface area contributed by atoms with Crippen molar-refractivity contribution in [2.75, 3.05) is 19.7 Å². The highest BCUT2D eigenvalue weighted by atomic mass is 16.5. The Morgan fingerprint density at radius 2 is 1.85 bits per heavy atom. The molecule has 2 rings (SSSR count). The van der Waals surface area contributed by atoms with Gasteiger partial charge in [-0.3, -0.25) is 4.90 Å². The predicted molar refractivity (Wildman–Crippen MR) is 120 cm³/mol. The summed E-state index contributed by atoms with van der Waals surface area (Å²) in [4.78, 5) is 2.41. The van der Waals surface area contributed by atoms with Crippen molar-refractivity contribution in [3.8, 4) is 0 Å². The van der Waals surface area contributed by atoms with Crippen LogP contribution in [0, 0.1) is 0 Å². The van der Waals surface area contributed by atoms with Crippen molar-refractivity contribution >= 4 is 0 Å². The van der Waals surface area contributed by atoms with Gasteiger partial charge in [-0.05, 0) is 49.1 Å². The summed E-state index contributed by atoms with van der Waals surface area (Å²) >= 11 is 0. The van der Waals surface area contributed by atoms with Crippen LogP contribution in [0.5, 0.6) is 0 Å². The molecule has 0 fully saturated rings. The van der Waals surface area contributed by atoms with E-state index in [0.717, 1.165) is 37.4 Å². The molecule has 0 amide bonds. The van der Waals surface area contributed by atoms with Crippen molar-refractivity contribution in [3.05, 3.63) is 71.5 Å². The topological polar surface area (TPSA) is 38.5 Å². The molecule has 3 nitrogen and oxygen atoms in total. The summed E-state index contributed by atoms with van der Waals surface area (Å²) in [6.07, 6.45) is 6.86. The van der Waals surface area contributed by atoms with E-state index in [2.05, 4.69) is 35.7 Å². The third-order valence-corrected chi connectivity index (χ3v) is 4.14. The van der Waals surface area contributed by atoms with E-state index in [1.807, 2.05) is 59.8 Å². The second-order valence-electron chi connectivity index (χ2n) is 6.11. The maximum Gasteiger partial charge on any atom is 0.115 e. The van der Waals surface area contributed by atoms with Crippen LogP contribution >= 0.6 is 0 Å². The van der Waals surface area contributed by atoms with Crippen LogP contribution in [-0.4, -0.2) is 30.6 Å². The lowest BCUT2D eigenvalue weighted by Gasteiger charge is -2.30. The molecule has 27 heavy (non-hydrogen) atoms.